The van der Waals surface area contributed by atoms with Gasteiger partial charge in [-0.15, -0.1) is 0 Å². The second-order valence-electron chi connectivity index (χ2n) is 5.99. The summed E-state index contributed by atoms with van der Waals surface area (Å²) in [7, 11) is 3.02. The van der Waals surface area contributed by atoms with E-state index in [9.17, 15) is 9.59 Å². The zero-order valence-electron chi connectivity index (χ0n) is 16.8. The molecule has 0 atom stereocenters. The van der Waals surface area contributed by atoms with Crippen LogP contribution in [0.4, 0.5) is 0 Å². The van der Waals surface area contributed by atoms with Crippen LogP contribution in [0.1, 0.15) is 35.3 Å². The minimum atomic E-state index is -0.552. The van der Waals surface area contributed by atoms with Crippen molar-refractivity contribution < 1.29 is 28.5 Å². The first-order valence-corrected chi connectivity index (χ1v) is 9.30. The van der Waals surface area contributed by atoms with Gasteiger partial charge in [-0.1, -0.05) is 11.6 Å². The molecule has 0 unspecified atom stereocenters. The summed E-state index contributed by atoms with van der Waals surface area (Å²) in [5, 5.41) is 0.380. The number of rotatable bonds is 9. The summed E-state index contributed by atoms with van der Waals surface area (Å²) >= 11 is 6.23. The predicted octanol–water partition coefficient (Wildman–Crippen LogP) is 4.72. The fourth-order valence-corrected chi connectivity index (χ4v) is 2.87. The van der Waals surface area contributed by atoms with Crippen LogP contribution in [-0.2, 0) is 16.1 Å². The average molecular weight is 419 g/mol. The molecule has 29 heavy (non-hydrogen) atoms. The lowest BCUT2D eigenvalue weighted by molar-refractivity contribution is -0.138. The van der Waals surface area contributed by atoms with Gasteiger partial charge in [0.15, 0.2) is 17.3 Å². The van der Waals surface area contributed by atoms with Crippen LogP contribution < -0.4 is 14.2 Å². The zero-order valence-corrected chi connectivity index (χ0v) is 17.5. The molecule has 0 aliphatic heterocycles. The molecule has 0 saturated carbocycles. The molecular formula is C22H23ClO6. The first kappa shape index (κ1) is 22.3. The van der Waals surface area contributed by atoms with Gasteiger partial charge in [-0.05, 0) is 55.8 Å². The van der Waals surface area contributed by atoms with Crippen molar-refractivity contribution in [2.45, 2.75) is 20.5 Å². The van der Waals surface area contributed by atoms with Gasteiger partial charge in [-0.2, -0.15) is 0 Å². The number of hydrogen-bond acceptors (Lipinski definition) is 6. The molecule has 2 rings (SSSR count). The van der Waals surface area contributed by atoms with Crippen LogP contribution in [0.3, 0.4) is 0 Å². The van der Waals surface area contributed by atoms with E-state index in [-0.39, 0.29) is 12.4 Å². The molecule has 0 aromatic heterocycles. The van der Waals surface area contributed by atoms with Crippen LogP contribution in [0.25, 0.3) is 6.08 Å². The normalized spacial score (nSPS) is 10.7. The van der Waals surface area contributed by atoms with Crippen molar-refractivity contribution in [1.82, 2.24) is 0 Å². The molecule has 0 bridgehead atoms. The Morgan fingerprint density at radius 2 is 1.79 bits per heavy atom. The van der Waals surface area contributed by atoms with E-state index in [0.717, 1.165) is 0 Å². The highest BCUT2D eigenvalue weighted by Gasteiger charge is 2.12. The van der Waals surface area contributed by atoms with Crippen LogP contribution in [0.2, 0.25) is 5.02 Å². The summed E-state index contributed by atoms with van der Waals surface area (Å²) in [6.07, 6.45) is 2.85. The van der Waals surface area contributed by atoms with Crippen LogP contribution in [-0.4, -0.2) is 32.6 Å². The van der Waals surface area contributed by atoms with Gasteiger partial charge in [0.05, 0.1) is 25.8 Å². The second kappa shape index (κ2) is 10.5. The third-order valence-corrected chi connectivity index (χ3v) is 4.29. The Kier molecular flexibility index (Phi) is 8.09. The molecule has 2 aromatic rings. The van der Waals surface area contributed by atoms with E-state index in [2.05, 4.69) is 0 Å². The summed E-state index contributed by atoms with van der Waals surface area (Å²) in [6, 6.07) is 8.35. The van der Waals surface area contributed by atoms with Crippen molar-refractivity contribution in [3.8, 4) is 17.2 Å². The van der Waals surface area contributed by atoms with Gasteiger partial charge in [-0.3, -0.25) is 4.79 Å². The summed E-state index contributed by atoms with van der Waals surface area (Å²) < 4.78 is 21.3. The number of carbonyl (C=O) groups is 2. The Balaban J connectivity index is 2.10. The lowest BCUT2D eigenvalue weighted by Gasteiger charge is -2.12. The third-order valence-electron chi connectivity index (χ3n) is 4.01. The van der Waals surface area contributed by atoms with Gasteiger partial charge in [-0.25, -0.2) is 4.79 Å². The Morgan fingerprint density at radius 3 is 2.41 bits per heavy atom. The van der Waals surface area contributed by atoms with Gasteiger partial charge in [0, 0.05) is 17.2 Å². The lowest BCUT2D eigenvalue weighted by Crippen LogP contribution is -2.04. The number of Topliss-reactive ketones (excluding diaryl/α,β-unsaturated/α-hetero) is 1. The number of esters is 1. The van der Waals surface area contributed by atoms with E-state index >= 15 is 0 Å². The van der Waals surface area contributed by atoms with Crippen LogP contribution in [0.5, 0.6) is 17.2 Å². The molecule has 7 heteroatoms. The molecule has 0 spiro atoms. The fourth-order valence-electron chi connectivity index (χ4n) is 2.59. The standard InChI is InChI=1S/C22H23ClO6/c1-5-28-22-18(23)10-15(11-20(22)27-4)6-9-21(25)29-13-17-12-16(14(2)24)7-8-19(17)26-3/h6-12H,5,13H2,1-4H3/b9-6+. The van der Waals surface area contributed by atoms with Gasteiger partial charge >= 0.3 is 5.97 Å². The average Bonchev–Trinajstić information content (AvgIpc) is 2.71. The number of methoxy groups -OCH3 is 2. The maximum Gasteiger partial charge on any atom is 0.331 e. The van der Waals surface area contributed by atoms with Gasteiger partial charge < -0.3 is 18.9 Å². The minimum Gasteiger partial charge on any atom is -0.496 e. The first-order valence-electron chi connectivity index (χ1n) is 8.92. The molecule has 154 valence electrons. The topological polar surface area (TPSA) is 71.1 Å². The Bertz CT molecular complexity index is 920. The highest BCUT2D eigenvalue weighted by Crippen LogP contribution is 2.36. The van der Waals surface area contributed by atoms with E-state index < -0.39 is 5.97 Å². The first-order chi connectivity index (χ1) is 13.9. The summed E-state index contributed by atoms with van der Waals surface area (Å²) in [4.78, 5) is 23.7. The number of carbonyl (C=O) groups excluding carboxylic acids is 2. The van der Waals surface area contributed by atoms with Crippen LogP contribution in [0, 0.1) is 0 Å². The maximum absolute atomic E-state index is 12.1. The van der Waals surface area contributed by atoms with Crippen LogP contribution >= 0.6 is 11.6 Å². The number of benzene rings is 2. The van der Waals surface area contributed by atoms with Gasteiger partial charge in [0.2, 0.25) is 0 Å². The zero-order chi connectivity index (χ0) is 21.4. The minimum absolute atomic E-state index is 0.0270. The van der Waals surface area contributed by atoms with E-state index in [1.54, 1.807) is 36.4 Å². The molecule has 0 aliphatic rings. The molecule has 0 N–H and O–H groups in total. The quantitative estimate of drug-likeness (QED) is 0.333. The summed E-state index contributed by atoms with van der Waals surface area (Å²) in [5.41, 5.74) is 1.78. The molecule has 2 aromatic carbocycles. The van der Waals surface area contributed by atoms with Crippen molar-refractivity contribution in [3.05, 3.63) is 58.1 Å². The van der Waals surface area contributed by atoms with Gasteiger partial charge in [0.1, 0.15) is 12.4 Å². The fraction of sp³-hybridized carbons (Fsp3) is 0.273. The van der Waals surface area contributed by atoms with E-state index in [1.165, 1.54) is 27.2 Å². The predicted molar refractivity (Wildman–Crippen MR) is 111 cm³/mol. The van der Waals surface area contributed by atoms with Crippen LogP contribution in [0.15, 0.2) is 36.4 Å². The Hall–Kier alpha value is -2.99. The molecule has 0 saturated heterocycles. The summed E-state index contributed by atoms with van der Waals surface area (Å²) in [5.74, 6) is 0.826. The number of halogens is 1. The van der Waals surface area contributed by atoms with E-state index in [4.69, 9.17) is 30.5 Å². The number of hydrogen-bond donors (Lipinski definition) is 0. The monoisotopic (exact) mass is 418 g/mol. The Morgan fingerprint density at radius 1 is 1.07 bits per heavy atom. The molecule has 0 heterocycles. The van der Waals surface area contributed by atoms with Crippen molar-refractivity contribution in [1.29, 1.82) is 0 Å². The highest BCUT2D eigenvalue weighted by molar-refractivity contribution is 6.32. The van der Waals surface area contributed by atoms with Crippen molar-refractivity contribution >= 4 is 29.4 Å². The maximum atomic E-state index is 12.1. The molecule has 0 amide bonds. The van der Waals surface area contributed by atoms with Crippen molar-refractivity contribution in [3.63, 3.8) is 0 Å². The summed E-state index contributed by atoms with van der Waals surface area (Å²) in [6.45, 7) is 3.74. The third kappa shape index (κ3) is 5.99. The van der Waals surface area contributed by atoms with Crippen molar-refractivity contribution in [2.24, 2.45) is 0 Å². The van der Waals surface area contributed by atoms with Crippen molar-refractivity contribution in [2.75, 3.05) is 20.8 Å². The molecular weight excluding hydrogens is 396 g/mol. The second-order valence-corrected chi connectivity index (χ2v) is 6.40. The smallest absolute Gasteiger partial charge is 0.331 e. The largest absolute Gasteiger partial charge is 0.496 e. The Labute approximate surface area is 175 Å². The molecule has 0 fully saturated rings. The SMILES string of the molecule is CCOc1c(Cl)cc(/C=C/C(=O)OCc2cc(C(C)=O)ccc2OC)cc1OC. The lowest BCUT2D eigenvalue weighted by atomic mass is 10.1. The highest BCUT2D eigenvalue weighted by atomic mass is 35.5. The van der Waals surface area contributed by atoms with E-state index in [1.807, 2.05) is 6.92 Å². The number of ketones is 1. The molecule has 6 nitrogen and oxygen atoms in total. The van der Waals surface area contributed by atoms with E-state index in [0.29, 0.717) is 45.6 Å². The molecule has 0 radical (unpaired) electrons. The van der Waals surface area contributed by atoms with Gasteiger partial charge in [0.25, 0.3) is 0 Å². The molecule has 0 aliphatic carbocycles. The number of ether oxygens (including phenoxy) is 4.